The first-order valence-electron chi connectivity index (χ1n) is 4.88. The summed E-state index contributed by atoms with van der Waals surface area (Å²) in [5.74, 6) is -0.0302. The fourth-order valence-electron chi connectivity index (χ4n) is 1.35. The van der Waals surface area contributed by atoms with Crippen LogP contribution in [-0.2, 0) is 9.68 Å². The van der Waals surface area contributed by atoms with Crippen LogP contribution in [0.25, 0.3) is 0 Å². The van der Waals surface area contributed by atoms with Crippen LogP contribution in [0.4, 0.5) is 0 Å². The SMILES string of the molecule is CCC(CO[N+](=O)[O-])(CO[N+](=O)[O-])C(C)C. The average Bonchev–Trinajstić information content (AvgIpc) is 2.17. The first-order chi connectivity index (χ1) is 7.34. The van der Waals surface area contributed by atoms with E-state index in [1.54, 1.807) is 6.92 Å². The quantitative estimate of drug-likeness (QED) is 0.466. The van der Waals surface area contributed by atoms with Gasteiger partial charge in [0.05, 0.1) is 0 Å². The molecule has 0 fully saturated rings. The Morgan fingerprint density at radius 3 is 1.69 bits per heavy atom. The summed E-state index contributed by atoms with van der Waals surface area (Å²) in [5, 5.41) is 18.5. The summed E-state index contributed by atoms with van der Waals surface area (Å²) in [5.41, 5.74) is -0.722. The molecule has 0 aliphatic heterocycles. The van der Waals surface area contributed by atoms with Crippen LogP contribution in [0.1, 0.15) is 27.2 Å². The van der Waals surface area contributed by atoms with Gasteiger partial charge in [0.25, 0.3) is 10.2 Å². The minimum Gasteiger partial charge on any atom is -0.313 e. The summed E-state index contributed by atoms with van der Waals surface area (Å²) in [6, 6.07) is 0. The standard InChI is InChI=1S/C8H16N2O6/c1-4-8(7(2)3,5-15-9(11)12)6-16-10(13)14/h7H,4-6H2,1-3H3. The number of nitrogens with zero attached hydrogens (tertiary/aromatic N) is 2. The zero-order valence-electron chi connectivity index (χ0n) is 9.54. The second-order valence-electron chi connectivity index (χ2n) is 3.86. The van der Waals surface area contributed by atoms with Gasteiger partial charge in [0.1, 0.15) is 13.2 Å². The summed E-state index contributed by atoms with van der Waals surface area (Å²) >= 11 is 0. The summed E-state index contributed by atoms with van der Waals surface area (Å²) in [6.07, 6.45) is 0.492. The van der Waals surface area contributed by atoms with Crippen LogP contribution in [0.15, 0.2) is 0 Å². The van der Waals surface area contributed by atoms with Gasteiger partial charge in [-0.15, -0.1) is 20.2 Å². The molecule has 0 bridgehead atoms. The van der Waals surface area contributed by atoms with E-state index in [0.29, 0.717) is 6.42 Å². The van der Waals surface area contributed by atoms with E-state index in [-0.39, 0.29) is 19.1 Å². The van der Waals surface area contributed by atoms with E-state index >= 15 is 0 Å². The van der Waals surface area contributed by atoms with E-state index in [0.717, 1.165) is 0 Å². The van der Waals surface area contributed by atoms with Gasteiger partial charge >= 0.3 is 0 Å². The maximum atomic E-state index is 10.1. The minimum absolute atomic E-state index is 0.0302. The lowest BCUT2D eigenvalue weighted by Crippen LogP contribution is -2.38. The lowest BCUT2D eigenvalue weighted by molar-refractivity contribution is -0.772. The highest BCUT2D eigenvalue weighted by Gasteiger charge is 2.34. The molecule has 8 nitrogen and oxygen atoms in total. The Morgan fingerprint density at radius 1 is 1.12 bits per heavy atom. The Balaban J connectivity index is 4.57. The van der Waals surface area contributed by atoms with E-state index in [9.17, 15) is 20.2 Å². The molecule has 0 aliphatic rings. The van der Waals surface area contributed by atoms with Gasteiger partial charge in [-0.05, 0) is 12.3 Å². The molecule has 0 unspecified atom stereocenters. The number of hydrogen-bond donors (Lipinski definition) is 0. The molecule has 0 N–H and O–H groups in total. The van der Waals surface area contributed by atoms with Crippen LogP contribution in [0.5, 0.6) is 0 Å². The van der Waals surface area contributed by atoms with E-state index in [1.165, 1.54) is 0 Å². The zero-order valence-corrected chi connectivity index (χ0v) is 9.54. The second-order valence-corrected chi connectivity index (χ2v) is 3.86. The van der Waals surface area contributed by atoms with Gasteiger partial charge in [0, 0.05) is 5.41 Å². The highest BCUT2D eigenvalue weighted by atomic mass is 17.0. The number of hydrogen-bond acceptors (Lipinski definition) is 6. The van der Waals surface area contributed by atoms with Gasteiger partial charge in [-0.25, -0.2) is 0 Å². The highest BCUT2D eigenvalue weighted by Crippen LogP contribution is 2.32. The van der Waals surface area contributed by atoms with Crippen LogP contribution >= 0.6 is 0 Å². The first-order valence-corrected chi connectivity index (χ1v) is 4.88. The van der Waals surface area contributed by atoms with Crippen molar-refractivity contribution in [3.8, 4) is 0 Å². The van der Waals surface area contributed by atoms with Crippen LogP contribution in [-0.4, -0.2) is 23.4 Å². The molecule has 16 heavy (non-hydrogen) atoms. The smallest absolute Gasteiger partial charge is 0.294 e. The van der Waals surface area contributed by atoms with Gasteiger partial charge in [-0.3, -0.25) is 0 Å². The van der Waals surface area contributed by atoms with Crippen molar-refractivity contribution in [2.75, 3.05) is 13.2 Å². The summed E-state index contributed by atoms with van der Waals surface area (Å²) in [4.78, 5) is 28.9. The van der Waals surface area contributed by atoms with Crippen molar-refractivity contribution in [1.82, 2.24) is 0 Å². The monoisotopic (exact) mass is 236 g/mol. The molecule has 0 aromatic rings. The van der Waals surface area contributed by atoms with E-state index in [1.807, 2.05) is 13.8 Å². The van der Waals surface area contributed by atoms with Gasteiger partial charge in [0.2, 0.25) is 0 Å². The Kier molecular flexibility index (Phi) is 5.48. The van der Waals surface area contributed by atoms with Crippen molar-refractivity contribution in [2.24, 2.45) is 11.3 Å². The third kappa shape index (κ3) is 4.28. The largest absolute Gasteiger partial charge is 0.313 e. The molecule has 0 atom stereocenters. The molecule has 0 saturated heterocycles. The molecule has 0 aliphatic carbocycles. The Hall–Kier alpha value is -1.60. The van der Waals surface area contributed by atoms with Crippen molar-refractivity contribution in [3.05, 3.63) is 20.2 Å². The van der Waals surface area contributed by atoms with Gasteiger partial charge < -0.3 is 9.68 Å². The predicted octanol–water partition coefficient (Wildman–Crippen LogP) is 1.46. The molecule has 0 radical (unpaired) electrons. The highest BCUT2D eigenvalue weighted by molar-refractivity contribution is 4.80. The summed E-state index contributed by atoms with van der Waals surface area (Å²) < 4.78 is 0. The van der Waals surface area contributed by atoms with Crippen molar-refractivity contribution in [1.29, 1.82) is 0 Å². The lowest BCUT2D eigenvalue weighted by Gasteiger charge is -2.34. The van der Waals surface area contributed by atoms with E-state index in [2.05, 4.69) is 9.68 Å². The molecule has 0 aromatic heterocycles. The molecule has 0 rings (SSSR count). The van der Waals surface area contributed by atoms with Crippen molar-refractivity contribution >= 4 is 0 Å². The van der Waals surface area contributed by atoms with E-state index in [4.69, 9.17) is 0 Å². The molecule has 0 amide bonds. The van der Waals surface area contributed by atoms with Crippen LogP contribution in [0.3, 0.4) is 0 Å². The average molecular weight is 236 g/mol. The molecule has 94 valence electrons. The molecule has 0 aromatic carbocycles. The van der Waals surface area contributed by atoms with Crippen LogP contribution in [0.2, 0.25) is 0 Å². The van der Waals surface area contributed by atoms with Crippen molar-refractivity contribution in [3.63, 3.8) is 0 Å². The molecule has 0 heterocycles. The van der Waals surface area contributed by atoms with Crippen molar-refractivity contribution in [2.45, 2.75) is 27.2 Å². The first kappa shape index (κ1) is 14.4. The van der Waals surface area contributed by atoms with E-state index < -0.39 is 15.6 Å². The summed E-state index contributed by atoms with van der Waals surface area (Å²) in [6.45, 7) is 5.00. The van der Waals surface area contributed by atoms with Crippen LogP contribution < -0.4 is 0 Å². The second kappa shape index (κ2) is 6.09. The van der Waals surface area contributed by atoms with Gasteiger partial charge in [-0.1, -0.05) is 20.8 Å². The molecule has 0 spiro atoms. The Labute approximate surface area is 92.7 Å². The topological polar surface area (TPSA) is 105 Å². The molecular weight excluding hydrogens is 220 g/mol. The number of rotatable bonds is 8. The maximum absolute atomic E-state index is 10.1. The summed E-state index contributed by atoms with van der Waals surface area (Å²) in [7, 11) is 0. The molecule has 8 heteroatoms. The predicted molar refractivity (Wildman–Crippen MR) is 53.5 cm³/mol. The van der Waals surface area contributed by atoms with Crippen molar-refractivity contribution < 1.29 is 19.8 Å². The molecular formula is C8H16N2O6. The van der Waals surface area contributed by atoms with Gasteiger partial charge in [0.15, 0.2) is 0 Å². The Bertz CT molecular complexity index is 237. The third-order valence-corrected chi connectivity index (χ3v) is 2.84. The third-order valence-electron chi connectivity index (χ3n) is 2.84. The minimum atomic E-state index is -0.904. The Morgan fingerprint density at radius 2 is 1.50 bits per heavy atom. The zero-order chi connectivity index (χ0) is 12.8. The van der Waals surface area contributed by atoms with Crippen LogP contribution in [0, 0.1) is 31.6 Å². The maximum Gasteiger partial charge on any atom is 0.294 e. The van der Waals surface area contributed by atoms with Gasteiger partial charge in [-0.2, -0.15) is 0 Å². The fraction of sp³-hybridized carbons (Fsp3) is 1.00. The fourth-order valence-corrected chi connectivity index (χ4v) is 1.35. The molecule has 0 saturated carbocycles. The lowest BCUT2D eigenvalue weighted by atomic mass is 9.76. The normalized spacial score (nSPS) is 11.2.